The van der Waals surface area contributed by atoms with Crippen LogP contribution in [0.2, 0.25) is 0 Å². The summed E-state index contributed by atoms with van der Waals surface area (Å²) >= 11 is 0. The van der Waals surface area contributed by atoms with Gasteiger partial charge in [0.1, 0.15) is 5.76 Å². The monoisotopic (exact) mass is 319 g/mol. The second-order valence-electron chi connectivity index (χ2n) is 5.84. The normalized spacial score (nSPS) is 12.2. The molecule has 0 spiro atoms. The number of carboxylic acids is 1. The van der Waals surface area contributed by atoms with Crippen molar-refractivity contribution in [1.82, 2.24) is 14.6 Å². The molecule has 0 radical (unpaired) electrons. The smallest absolute Gasteiger partial charge is 0.308 e. The quantitative estimate of drug-likeness (QED) is 0.912. The number of aryl methyl sites for hydroxylation is 2. The van der Waals surface area contributed by atoms with Crippen LogP contribution in [-0.2, 0) is 4.79 Å². The van der Waals surface area contributed by atoms with Crippen molar-refractivity contribution in [3.05, 3.63) is 34.8 Å². The summed E-state index contributed by atoms with van der Waals surface area (Å²) < 4.78 is 6.94. The van der Waals surface area contributed by atoms with Crippen LogP contribution in [0.5, 0.6) is 0 Å². The summed E-state index contributed by atoms with van der Waals surface area (Å²) in [6.07, 6.45) is 0. The van der Waals surface area contributed by atoms with Gasteiger partial charge >= 0.3 is 5.97 Å². The highest BCUT2D eigenvalue weighted by Gasteiger charge is 2.23. The molecule has 1 unspecified atom stereocenters. The SMILES string of the molecule is Cc1cc(-n2c(C)cc(C(=O)N(C)CC(C)C(=O)O)c2C)no1. The van der Waals surface area contributed by atoms with Gasteiger partial charge in [-0.05, 0) is 26.8 Å². The topological polar surface area (TPSA) is 88.6 Å². The Bertz CT molecular complexity index is 745. The second kappa shape index (κ2) is 6.28. The second-order valence-corrected chi connectivity index (χ2v) is 5.84. The van der Waals surface area contributed by atoms with Crippen LogP contribution >= 0.6 is 0 Å². The third-order valence-electron chi connectivity index (χ3n) is 3.82. The fourth-order valence-electron chi connectivity index (χ4n) is 2.57. The molecule has 2 rings (SSSR count). The van der Waals surface area contributed by atoms with Crippen LogP contribution in [0.1, 0.15) is 34.4 Å². The van der Waals surface area contributed by atoms with Gasteiger partial charge in [0.2, 0.25) is 0 Å². The molecular weight excluding hydrogens is 298 g/mol. The molecule has 1 atom stereocenters. The van der Waals surface area contributed by atoms with Crippen LogP contribution in [-0.4, -0.2) is 45.2 Å². The molecule has 0 aliphatic heterocycles. The Morgan fingerprint density at radius 1 is 1.35 bits per heavy atom. The average Bonchev–Trinajstić information content (AvgIpc) is 3.01. The molecule has 0 fully saturated rings. The van der Waals surface area contributed by atoms with Crippen LogP contribution in [0.4, 0.5) is 0 Å². The zero-order valence-corrected chi connectivity index (χ0v) is 14.0. The first kappa shape index (κ1) is 16.8. The Morgan fingerprint density at radius 3 is 2.52 bits per heavy atom. The number of rotatable bonds is 5. The third kappa shape index (κ3) is 3.28. The summed E-state index contributed by atoms with van der Waals surface area (Å²) in [6.45, 7) is 7.25. The molecule has 0 aliphatic rings. The Labute approximate surface area is 134 Å². The summed E-state index contributed by atoms with van der Waals surface area (Å²) in [4.78, 5) is 25.0. The van der Waals surface area contributed by atoms with Gasteiger partial charge in [-0.1, -0.05) is 12.1 Å². The molecule has 124 valence electrons. The summed E-state index contributed by atoms with van der Waals surface area (Å²) in [5, 5.41) is 13.0. The number of nitrogens with zero attached hydrogens (tertiary/aromatic N) is 3. The molecule has 0 aromatic carbocycles. The largest absolute Gasteiger partial charge is 0.481 e. The van der Waals surface area contributed by atoms with E-state index in [1.165, 1.54) is 4.90 Å². The molecule has 0 saturated carbocycles. The first-order valence-electron chi connectivity index (χ1n) is 7.33. The Balaban J connectivity index is 2.30. The molecule has 2 heterocycles. The van der Waals surface area contributed by atoms with Gasteiger partial charge in [0, 0.05) is 31.0 Å². The van der Waals surface area contributed by atoms with E-state index in [0.717, 1.165) is 11.4 Å². The molecule has 1 N–H and O–H groups in total. The lowest BCUT2D eigenvalue weighted by Gasteiger charge is -2.19. The van der Waals surface area contributed by atoms with E-state index in [9.17, 15) is 9.59 Å². The molecular formula is C16H21N3O4. The van der Waals surface area contributed by atoms with Crippen molar-refractivity contribution in [2.24, 2.45) is 5.92 Å². The van der Waals surface area contributed by atoms with Gasteiger partial charge < -0.3 is 14.5 Å². The van der Waals surface area contributed by atoms with Crippen LogP contribution in [0, 0.1) is 26.7 Å². The van der Waals surface area contributed by atoms with Crippen molar-refractivity contribution >= 4 is 11.9 Å². The van der Waals surface area contributed by atoms with Gasteiger partial charge in [0.15, 0.2) is 5.82 Å². The van der Waals surface area contributed by atoms with Crippen molar-refractivity contribution in [2.45, 2.75) is 27.7 Å². The zero-order valence-electron chi connectivity index (χ0n) is 14.0. The number of carboxylic acid groups (broad SMARTS) is 1. The molecule has 2 aromatic heterocycles. The summed E-state index contributed by atoms with van der Waals surface area (Å²) in [7, 11) is 1.61. The number of aliphatic carboxylic acids is 1. The van der Waals surface area contributed by atoms with Gasteiger partial charge in [-0.15, -0.1) is 0 Å². The lowest BCUT2D eigenvalue weighted by molar-refractivity contribution is -0.141. The lowest BCUT2D eigenvalue weighted by atomic mass is 10.1. The van der Waals surface area contributed by atoms with E-state index in [2.05, 4.69) is 5.16 Å². The first-order chi connectivity index (χ1) is 10.7. The lowest BCUT2D eigenvalue weighted by Crippen LogP contribution is -2.33. The summed E-state index contributed by atoms with van der Waals surface area (Å²) in [5.74, 6) is -0.442. The minimum absolute atomic E-state index is 0.154. The fraction of sp³-hybridized carbons (Fsp3) is 0.438. The molecule has 0 bridgehead atoms. The summed E-state index contributed by atoms with van der Waals surface area (Å²) in [5.41, 5.74) is 2.14. The third-order valence-corrected chi connectivity index (χ3v) is 3.82. The first-order valence-corrected chi connectivity index (χ1v) is 7.33. The predicted octanol–water partition coefficient (Wildman–Crippen LogP) is 2.18. The number of carbonyl (C=O) groups excluding carboxylic acids is 1. The van der Waals surface area contributed by atoms with Gasteiger partial charge in [-0.25, -0.2) is 0 Å². The van der Waals surface area contributed by atoms with Crippen LogP contribution in [0.3, 0.4) is 0 Å². The van der Waals surface area contributed by atoms with E-state index < -0.39 is 11.9 Å². The van der Waals surface area contributed by atoms with Crippen LogP contribution < -0.4 is 0 Å². The maximum atomic E-state index is 12.6. The number of hydrogen-bond acceptors (Lipinski definition) is 4. The van der Waals surface area contributed by atoms with E-state index in [1.807, 2.05) is 18.4 Å². The van der Waals surface area contributed by atoms with E-state index in [4.69, 9.17) is 9.63 Å². The maximum Gasteiger partial charge on any atom is 0.308 e. The number of carbonyl (C=O) groups is 2. The van der Waals surface area contributed by atoms with E-state index in [-0.39, 0.29) is 12.5 Å². The highest BCUT2D eigenvalue weighted by molar-refractivity contribution is 5.96. The average molecular weight is 319 g/mol. The highest BCUT2D eigenvalue weighted by atomic mass is 16.5. The van der Waals surface area contributed by atoms with Gasteiger partial charge in [0.05, 0.1) is 11.5 Å². The predicted molar refractivity (Wildman–Crippen MR) is 83.8 cm³/mol. The van der Waals surface area contributed by atoms with Crippen LogP contribution in [0.15, 0.2) is 16.7 Å². The zero-order chi connectivity index (χ0) is 17.3. The molecule has 7 nitrogen and oxygen atoms in total. The number of hydrogen-bond donors (Lipinski definition) is 1. The molecule has 2 aromatic rings. The maximum absolute atomic E-state index is 12.6. The molecule has 1 amide bonds. The van der Waals surface area contributed by atoms with E-state index >= 15 is 0 Å². The van der Waals surface area contributed by atoms with Gasteiger partial charge in [-0.3, -0.25) is 14.2 Å². The molecule has 23 heavy (non-hydrogen) atoms. The van der Waals surface area contributed by atoms with Crippen molar-refractivity contribution in [3.63, 3.8) is 0 Å². The minimum atomic E-state index is -0.923. The fourth-order valence-corrected chi connectivity index (χ4v) is 2.57. The van der Waals surface area contributed by atoms with E-state index in [0.29, 0.717) is 17.1 Å². The Morgan fingerprint density at radius 2 is 2.00 bits per heavy atom. The Hall–Kier alpha value is -2.57. The highest BCUT2D eigenvalue weighted by Crippen LogP contribution is 2.22. The van der Waals surface area contributed by atoms with Crippen LogP contribution in [0.25, 0.3) is 5.82 Å². The van der Waals surface area contributed by atoms with Gasteiger partial charge in [0.25, 0.3) is 5.91 Å². The standard InChI is InChI=1S/C16H21N3O4/c1-9(16(21)22)8-18(5)15(20)13-6-10(2)19(12(13)4)14-7-11(3)23-17-14/h6-7,9H,8H2,1-5H3,(H,21,22). The number of aromatic nitrogens is 2. The molecule has 7 heteroatoms. The minimum Gasteiger partial charge on any atom is -0.481 e. The molecule has 0 saturated heterocycles. The van der Waals surface area contributed by atoms with Crippen molar-refractivity contribution in [2.75, 3.05) is 13.6 Å². The van der Waals surface area contributed by atoms with Gasteiger partial charge in [-0.2, -0.15) is 0 Å². The van der Waals surface area contributed by atoms with E-state index in [1.54, 1.807) is 33.0 Å². The van der Waals surface area contributed by atoms with Crippen molar-refractivity contribution in [3.8, 4) is 5.82 Å². The number of amides is 1. The van der Waals surface area contributed by atoms with Crippen molar-refractivity contribution in [1.29, 1.82) is 0 Å². The van der Waals surface area contributed by atoms with Crippen molar-refractivity contribution < 1.29 is 19.2 Å². The Kier molecular flexibility index (Phi) is 4.58. The summed E-state index contributed by atoms with van der Waals surface area (Å²) in [6, 6.07) is 3.58. The molecule has 0 aliphatic carbocycles.